The molecule has 1 aliphatic heterocycles. The molecule has 0 spiro atoms. The molecule has 1 fully saturated rings. The molecule has 2 aromatic heterocycles. The van der Waals surface area contributed by atoms with Gasteiger partial charge in [0.25, 0.3) is 0 Å². The molecule has 3 aromatic rings. The number of piperidine rings is 1. The van der Waals surface area contributed by atoms with Gasteiger partial charge in [-0.3, -0.25) is 4.79 Å². The van der Waals surface area contributed by atoms with Gasteiger partial charge in [0, 0.05) is 35.6 Å². The normalized spacial score (nSPS) is 16.1. The van der Waals surface area contributed by atoms with E-state index in [4.69, 9.17) is 16.7 Å². The van der Waals surface area contributed by atoms with Gasteiger partial charge in [0.15, 0.2) is 11.5 Å². The molecule has 0 bridgehead atoms. The maximum Gasteiger partial charge on any atom is 0.223 e. The van der Waals surface area contributed by atoms with Crippen LogP contribution in [0.5, 0.6) is 0 Å². The third-order valence-corrected chi connectivity index (χ3v) is 6.01. The summed E-state index contributed by atoms with van der Waals surface area (Å²) in [5.74, 6) is 2.37. The number of carbonyl (C=O) groups excluding carboxylic acids is 1. The summed E-state index contributed by atoms with van der Waals surface area (Å²) in [6.45, 7) is 8.04. The maximum absolute atomic E-state index is 12.6. The maximum atomic E-state index is 12.6. The van der Waals surface area contributed by atoms with Crippen molar-refractivity contribution >= 4 is 29.0 Å². The number of halogens is 1. The van der Waals surface area contributed by atoms with E-state index >= 15 is 0 Å². The smallest absolute Gasteiger partial charge is 0.223 e. The average Bonchev–Trinajstić information content (AvgIpc) is 3.17. The Morgan fingerprint density at radius 3 is 2.48 bits per heavy atom. The van der Waals surface area contributed by atoms with Crippen LogP contribution >= 0.6 is 11.6 Å². The summed E-state index contributed by atoms with van der Waals surface area (Å²) >= 11 is 6.01. The standard InChI is InChI=1S/C23H29ClN6O/c1-15(2)14-16(3)25-23(31)18-10-12-29(13-11-18)21-9-8-20-26-27-22(30(20)28-21)17-4-6-19(24)7-5-17/h4-9,15-16,18H,10-14H2,1-3H3,(H,25,31). The largest absolute Gasteiger partial charge is 0.355 e. The molecule has 7 nitrogen and oxygen atoms in total. The number of nitrogens with one attached hydrogen (secondary N) is 1. The highest BCUT2D eigenvalue weighted by atomic mass is 35.5. The lowest BCUT2D eigenvalue weighted by molar-refractivity contribution is -0.126. The molecule has 31 heavy (non-hydrogen) atoms. The summed E-state index contributed by atoms with van der Waals surface area (Å²) in [6, 6.07) is 11.6. The number of carbonyl (C=O) groups is 1. The summed E-state index contributed by atoms with van der Waals surface area (Å²) in [4.78, 5) is 14.9. The first-order chi connectivity index (χ1) is 14.9. The molecule has 1 amide bonds. The van der Waals surface area contributed by atoms with Crippen molar-refractivity contribution in [3.8, 4) is 11.4 Å². The fraction of sp³-hybridized carbons (Fsp3) is 0.478. The second-order valence-electron chi connectivity index (χ2n) is 8.79. The minimum Gasteiger partial charge on any atom is -0.355 e. The van der Waals surface area contributed by atoms with Crippen LogP contribution < -0.4 is 10.2 Å². The van der Waals surface area contributed by atoms with E-state index in [0.29, 0.717) is 22.4 Å². The molecule has 3 heterocycles. The van der Waals surface area contributed by atoms with Gasteiger partial charge in [-0.25, -0.2) is 0 Å². The quantitative estimate of drug-likeness (QED) is 0.621. The van der Waals surface area contributed by atoms with Crippen molar-refractivity contribution in [3.63, 3.8) is 0 Å². The Balaban J connectivity index is 1.44. The molecule has 1 atom stereocenters. The van der Waals surface area contributed by atoms with Crippen LogP contribution in [0, 0.1) is 11.8 Å². The monoisotopic (exact) mass is 440 g/mol. The molecule has 0 aliphatic carbocycles. The Morgan fingerprint density at radius 1 is 1.10 bits per heavy atom. The Kier molecular flexibility index (Phi) is 6.41. The fourth-order valence-electron chi connectivity index (χ4n) is 4.22. The summed E-state index contributed by atoms with van der Waals surface area (Å²) in [5.41, 5.74) is 1.61. The average molecular weight is 441 g/mol. The second kappa shape index (κ2) is 9.22. The highest BCUT2D eigenvalue weighted by Gasteiger charge is 2.27. The number of rotatable bonds is 6. The van der Waals surface area contributed by atoms with Crippen LogP contribution in [-0.2, 0) is 4.79 Å². The molecule has 1 aromatic carbocycles. The first kappa shape index (κ1) is 21.6. The van der Waals surface area contributed by atoms with E-state index in [1.54, 1.807) is 4.52 Å². The number of benzene rings is 1. The molecule has 1 aliphatic rings. The van der Waals surface area contributed by atoms with E-state index in [2.05, 4.69) is 41.2 Å². The highest BCUT2D eigenvalue weighted by molar-refractivity contribution is 6.30. The van der Waals surface area contributed by atoms with Crippen LogP contribution in [0.4, 0.5) is 5.82 Å². The van der Waals surface area contributed by atoms with Gasteiger partial charge in [-0.1, -0.05) is 25.4 Å². The van der Waals surface area contributed by atoms with Gasteiger partial charge in [0.2, 0.25) is 5.91 Å². The van der Waals surface area contributed by atoms with Gasteiger partial charge in [0.1, 0.15) is 5.82 Å². The van der Waals surface area contributed by atoms with Crippen molar-refractivity contribution in [1.82, 2.24) is 25.1 Å². The van der Waals surface area contributed by atoms with Crippen LogP contribution in [-0.4, -0.2) is 44.8 Å². The predicted octanol–water partition coefficient (Wildman–Crippen LogP) is 4.21. The summed E-state index contributed by atoms with van der Waals surface area (Å²) in [5, 5.41) is 17.2. The zero-order chi connectivity index (χ0) is 22.0. The van der Waals surface area contributed by atoms with Crippen molar-refractivity contribution in [2.45, 2.75) is 46.1 Å². The summed E-state index contributed by atoms with van der Waals surface area (Å²) in [7, 11) is 0. The van der Waals surface area contributed by atoms with Gasteiger partial charge >= 0.3 is 0 Å². The Hall–Kier alpha value is -2.67. The lowest BCUT2D eigenvalue weighted by Gasteiger charge is -2.32. The summed E-state index contributed by atoms with van der Waals surface area (Å²) in [6.07, 6.45) is 2.65. The van der Waals surface area contributed by atoms with Gasteiger partial charge < -0.3 is 10.2 Å². The molecule has 1 unspecified atom stereocenters. The van der Waals surface area contributed by atoms with E-state index in [9.17, 15) is 4.79 Å². The number of fused-ring (bicyclic) bond motifs is 1. The third kappa shape index (κ3) is 4.98. The molecule has 0 radical (unpaired) electrons. The number of hydrogen-bond donors (Lipinski definition) is 1. The van der Waals surface area contributed by atoms with Crippen LogP contribution in [0.2, 0.25) is 5.02 Å². The van der Waals surface area contributed by atoms with E-state index in [1.165, 1.54) is 0 Å². The topological polar surface area (TPSA) is 75.4 Å². The Labute approximate surface area is 187 Å². The second-order valence-corrected chi connectivity index (χ2v) is 9.23. The highest BCUT2D eigenvalue weighted by Crippen LogP contribution is 2.25. The minimum absolute atomic E-state index is 0.0640. The number of hydrogen-bond acceptors (Lipinski definition) is 5. The third-order valence-electron chi connectivity index (χ3n) is 5.75. The van der Waals surface area contributed by atoms with Crippen molar-refractivity contribution in [1.29, 1.82) is 0 Å². The number of amides is 1. The first-order valence-corrected chi connectivity index (χ1v) is 11.3. The first-order valence-electron chi connectivity index (χ1n) is 10.9. The Morgan fingerprint density at radius 2 is 1.81 bits per heavy atom. The lowest BCUT2D eigenvalue weighted by atomic mass is 9.95. The molecular formula is C23H29ClN6O. The SMILES string of the molecule is CC(C)CC(C)NC(=O)C1CCN(c2ccc3nnc(-c4ccc(Cl)cc4)n3n2)CC1. The zero-order valence-electron chi connectivity index (χ0n) is 18.3. The van der Waals surface area contributed by atoms with E-state index in [0.717, 1.165) is 43.7 Å². The molecule has 1 N–H and O–H groups in total. The van der Waals surface area contributed by atoms with Crippen LogP contribution in [0.3, 0.4) is 0 Å². The molecule has 164 valence electrons. The molecule has 1 saturated heterocycles. The minimum atomic E-state index is 0.0640. The predicted molar refractivity (Wildman–Crippen MR) is 123 cm³/mol. The Bertz CT molecular complexity index is 1040. The van der Waals surface area contributed by atoms with Gasteiger partial charge in [0.05, 0.1) is 0 Å². The van der Waals surface area contributed by atoms with Crippen molar-refractivity contribution in [2.75, 3.05) is 18.0 Å². The van der Waals surface area contributed by atoms with Gasteiger partial charge in [-0.2, -0.15) is 4.52 Å². The number of anilines is 1. The van der Waals surface area contributed by atoms with E-state index < -0.39 is 0 Å². The van der Waals surface area contributed by atoms with Crippen molar-refractivity contribution in [3.05, 3.63) is 41.4 Å². The van der Waals surface area contributed by atoms with Crippen LogP contribution in [0.1, 0.15) is 40.0 Å². The summed E-state index contributed by atoms with van der Waals surface area (Å²) < 4.78 is 1.77. The van der Waals surface area contributed by atoms with Crippen molar-refractivity contribution in [2.24, 2.45) is 11.8 Å². The van der Waals surface area contributed by atoms with Crippen molar-refractivity contribution < 1.29 is 4.79 Å². The van der Waals surface area contributed by atoms with E-state index in [1.807, 2.05) is 36.4 Å². The van der Waals surface area contributed by atoms with Gasteiger partial charge in [-0.15, -0.1) is 15.3 Å². The fourth-order valence-corrected chi connectivity index (χ4v) is 4.35. The number of nitrogens with zero attached hydrogens (tertiary/aromatic N) is 5. The zero-order valence-corrected chi connectivity index (χ0v) is 19.0. The van der Waals surface area contributed by atoms with E-state index in [-0.39, 0.29) is 17.9 Å². The lowest BCUT2D eigenvalue weighted by Crippen LogP contribution is -2.43. The van der Waals surface area contributed by atoms with Gasteiger partial charge in [-0.05, 0) is 68.5 Å². The number of aromatic nitrogens is 4. The molecule has 0 saturated carbocycles. The molecule has 8 heteroatoms. The van der Waals surface area contributed by atoms with Crippen LogP contribution in [0.25, 0.3) is 17.0 Å². The van der Waals surface area contributed by atoms with Crippen LogP contribution in [0.15, 0.2) is 36.4 Å². The molecular weight excluding hydrogens is 412 g/mol. The molecule has 4 rings (SSSR count).